The van der Waals surface area contributed by atoms with Gasteiger partial charge < -0.3 is 14.4 Å². The first kappa shape index (κ1) is 20.1. The Morgan fingerprint density at radius 1 is 1.17 bits per heavy atom. The van der Waals surface area contributed by atoms with Gasteiger partial charge in [-0.2, -0.15) is 0 Å². The molecular weight excluding hydrogens is 390 g/mol. The number of carbonyl (C=O) groups excluding carboxylic acids is 1. The molecule has 0 bridgehead atoms. The van der Waals surface area contributed by atoms with Crippen molar-refractivity contribution in [3.8, 4) is 11.6 Å². The van der Waals surface area contributed by atoms with Gasteiger partial charge in [-0.15, -0.1) is 0 Å². The predicted molar refractivity (Wildman–Crippen MR) is 109 cm³/mol. The van der Waals surface area contributed by atoms with E-state index in [0.29, 0.717) is 16.8 Å². The summed E-state index contributed by atoms with van der Waals surface area (Å²) in [7, 11) is 1.52. The molecule has 0 saturated carbocycles. The maximum Gasteiger partial charge on any atom is 0.287 e. The first-order valence-corrected chi connectivity index (χ1v) is 9.71. The molecule has 1 amide bonds. The molecule has 4 rings (SSSR count). The van der Waals surface area contributed by atoms with Gasteiger partial charge in [0, 0.05) is 30.0 Å². The summed E-state index contributed by atoms with van der Waals surface area (Å²) in [6, 6.07) is 15.9. The van der Waals surface area contributed by atoms with E-state index in [4.69, 9.17) is 9.47 Å². The van der Waals surface area contributed by atoms with Crippen LogP contribution in [-0.2, 0) is 0 Å². The van der Waals surface area contributed by atoms with Gasteiger partial charge in [0.15, 0.2) is 6.10 Å². The smallest absolute Gasteiger partial charge is 0.287 e. The van der Waals surface area contributed by atoms with E-state index in [0.717, 1.165) is 10.9 Å². The third-order valence-corrected chi connectivity index (χ3v) is 5.23. The van der Waals surface area contributed by atoms with Crippen molar-refractivity contribution in [2.24, 2.45) is 0 Å². The van der Waals surface area contributed by atoms with E-state index in [1.165, 1.54) is 12.0 Å². The molecule has 2 heterocycles. The molecule has 1 unspecified atom stereocenters. The topological polar surface area (TPSA) is 51.7 Å². The van der Waals surface area contributed by atoms with Crippen LogP contribution < -0.4 is 9.47 Å². The summed E-state index contributed by atoms with van der Waals surface area (Å²) < 4.78 is 40.0. The van der Waals surface area contributed by atoms with Crippen LogP contribution in [0.15, 0.2) is 54.6 Å². The molecule has 30 heavy (non-hydrogen) atoms. The molecule has 1 aliphatic rings. The number of nitrogens with zero attached hydrogens (tertiary/aromatic N) is 2. The van der Waals surface area contributed by atoms with E-state index in [9.17, 15) is 13.6 Å². The SMILES string of the molecule is COc1cc(C)cc(C(=O)N2CCC(F)(F)C(Oc3ccc4ccccc4n3)C2)c1. The number of rotatable bonds is 4. The van der Waals surface area contributed by atoms with E-state index in [1.807, 2.05) is 25.1 Å². The molecule has 1 aliphatic heterocycles. The summed E-state index contributed by atoms with van der Waals surface area (Å²) in [6.45, 7) is 1.57. The van der Waals surface area contributed by atoms with Crippen LogP contribution in [0.1, 0.15) is 22.3 Å². The molecule has 1 atom stereocenters. The molecule has 156 valence electrons. The number of halogens is 2. The van der Waals surface area contributed by atoms with Gasteiger partial charge in [0.2, 0.25) is 5.88 Å². The molecule has 7 heteroatoms. The minimum atomic E-state index is -3.06. The second-order valence-electron chi connectivity index (χ2n) is 7.45. The van der Waals surface area contributed by atoms with Crippen LogP contribution in [0, 0.1) is 6.92 Å². The highest BCUT2D eigenvalue weighted by Gasteiger charge is 2.47. The number of piperidine rings is 1. The summed E-state index contributed by atoms with van der Waals surface area (Å²) in [5.41, 5.74) is 1.92. The Morgan fingerprint density at radius 2 is 1.97 bits per heavy atom. The normalized spacial score (nSPS) is 18.3. The molecule has 0 aliphatic carbocycles. The van der Waals surface area contributed by atoms with Crippen LogP contribution in [0.3, 0.4) is 0 Å². The van der Waals surface area contributed by atoms with Gasteiger partial charge in [0.05, 0.1) is 19.2 Å². The molecule has 2 aromatic carbocycles. The van der Waals surface area contributed by atoms with Crippen molar-refractivity contribution in [2.75, 3.05) is 20.2 Å². The average Bonchev–Trinajstić information content (AvgIpc) is 2.74. The first-order valence-electron chi connectivity index (χ1n) is 9.71. The number of hydrogen-bond donors (Lipinski definition) is 0. The highest BCUT2D eigenvalue weighted by Crippen LogP contribution is 2.32. The van der Waals surface area contributed by atoms with Gasteiger partial charge in [-0.3, -0.25) is 4.79 Å². The molecule has 1 saturated heterocycles. The van der Waals surface area contributed by atoms with E-state index in [1.54, 1.807) is 36.4 Å². The Balaban J connectivity index is 1.55. The minimum Gasteiger partial charge on any atom is -0.497 e. The number of likely N-dealkylation sites (tertiary alicyclic amines) is 1. The van der Waals surface area contributed by atoms with Crippen molar-refractivity contribution >= 4 is 16.8 Å². The fraction of sp³-hybridized carbons (Fsp3) is 0.304. The summed E-state index contributed by atoms with van der Waals surface area (Å²) in [4.78, 5) is 18.7. The third kappa shape index (κ3) is 4.06. The summed E-state index contributed by atoms with van der Waals surface area (Å²) in [6.07, 6.45) is -1.95. The first-order chi connectivity index (χ1) is 14.4. The quantitative estimate of drug-likeness (QED) is 0.634. The molecule has 5 nitrogen and oxygen atoms in total. The number of hydrogen-bond acceptors (Lipinski definition) is 4. The maximum absolute atomic E-state index is 14.6. The van der Waals surface area contributed by atoms with Crippen molar-refractivity contribution < 1.29 is 23.0 Å². The largest absolute Gasteiger partial charge is 0.497 e. The van der Waals surface area contributed by atoms with Gasteiger partial charge >= 0.3 is 0 Å². The van der Waals surface area contributed by atoms with E-state index in [2.05, 4.69) is 4.98 Å². The number of pyridine rings is 1. The van der Waals surface area contributed by atoms with Crippen molar-refractivity contribution in [2.45, 2.75) is 25.4 Å². The number of amides is 1. The van der Waals surface area contributed by atoms with Crippen LogP contribution >= 0.6 is 0 Å². The van der Waals surface area contributed by atoms with Crippen molar-refractivity contribution in [3.05, 3.63) is 65.7 Å². The third-order valence-electron chi connectivity index (χ3n) is 5.23. The van der Waals surface area contributed by atoms with Gasteiger partial charge in [-0.05, 0) is 42.8 Å². The molecule has 0 spiro atoms. The Labute approximate surface area is 173 Å². The van der Waals surface area contributed by atoms with Crippen LogP contribution in [0.5, 0.6) is 11.6 Å². The average molecular weight is 412 g/mol. The lowest BCUT2D eigenvalue weighted by atomic mass is 10.0. The van der Waals surface area contributed by atoms with Crippen molar-refractivity contribution in [1.82, 2.24) is 9.88 Å². The lowest BCUT2D eigenvalue weighted by Crippen LogP contribution is -2.55. The van der Waals surface area contributed by atoms with Crippen molar-refractivity contribution in [1.29, 1.82) is 0 Å². The number of methoxy groups -OCH3 is 1. The second-order valence-corrected chi connectivity index (χ2v) is 7.45. The zero-order valence-electron chi connectivity index (χ0n) is 16.8. The van der Waals surface area contributed by atoms with Gasteiger partial charge in [-0.1, -0.05) is 18.2 Å². The highest BCUT2D eigenvalue weighted by molar-refractivity contribution is 5.95. The number of alkyl halides is 2. The zero-order chi connectivity index (χ0) is 21.3. The minimum absolute atomic E-state index is 0.0485. The predicted octanol–water partition coefficient (Wildman–Crippen LogP) is 4.48. The van der Waals surface area contributed by atoms with Crippen LogP contribution in [0.4, 0.5) is 8.78 Å². The van der Waals surface area contributed by atoms with E-state index >= 15 is 0 Å². The molecular formula is C23H22F2N2O3. The number of benzene rings is 2. The fourth-order valence-corrected chi connectivity index (χ4v) is 3.61. The Morgan fingerprint density at radius 3 is 2.77 bits per heavy atom. The Kier molecular flexibility index (Phi) is 5.28. The highest BCUT2D eigenvalue weighted by atomic mass is 19.3. The second kappa shape index (κ2) is 7.89. The fourth-order valence-electron chi connectivity index (χ4n) is 3.61. The molecule has 1 fully saturated rings. The Hall–Kier alpha value is -3.22. The standard InChI is InChI=1S/C23H22F2N2O3/c1-15-11-17(13-18(12-15)29-2)22(28)27-10-9-23(24,25)20(14-27)30-21-8-7-16-5-3-4-6-19(16)26-21/h3-8,11-13,20H,9-10,14H2,1-2H3. The number of para-hydroxylation sites is 1. The van der Waals surface area contributed by atoms with E-state index < -0.39 is 18.4 Å². The van der Waals surface area contributed by atoms with Gasteiger partial charge in [-0.25, -0.2) is 13.8 Å². The number of aryl methyl sites for hydroxylation is 1. The molecule has 0 radical (unpaired) electrons. The monoisotopic (exact) mass is 412 g/mol. The zero-order valence-corrected chi connectivity index (χ0v) is 16.8. The summed E-state index contributed by atoms with van der Waals surface area (Å²) in [5, 5.41) is 0.894. The molecule has 3 aromatic rings. The van der Waals surface area contributed by atoms with Crippen molar-refractivity contribution in [3.63, 3.8) is 0 Å². The number of fused-ring (bicyclic) bond motifs is 1. The van der Waals surface area contributed by atoms with Gasteiger partial charge in [0.1, 0.15) is 5.75 Å². The van der Waals surface area contributed by atoms with Gasteiger partial charge in [0.25, 0.3) is 11.8 Å². The number of aromatic nitrogens is 1. The summed E-state index contributed by atoms with van der Waals surface area (Å²) >= 11 is 0. The number of carbonyl (C=O) groups is 1. The van der Waals surface area contributed by atoms with E-state index in [-0.39, 0.29) is 24.9 Å². The number of ether oxygens (including phenoxy) is 2. The summed E-state index contributed by atoms with van der Waals surface area (Å²) in [5.74, 6) is -2.72. The van der Waals surface area contributed by atoms with Crippen LogP contribution in [-0.4, -0.2) is 48.0 Å². The van der Waals surface area contributed by atoms with Crippen LogP contribution in [0.25, 0.3) is 10.9 Å². The Bertz CT molecular complexity index is 1090. The lowest BCUT2D eigenvalue weighted by molar-refractivity contribution is -0.131. The lowest BCUT2D eigenvalue weighted by Gasteiger charge is -2.38. The van der Waals surface area contributed by atoms with Crippen LogP contribution in [0.2, 0.25) is 0 Å². The molecule has 1 aromatic heterocycles. The molecule has 0 N–H and O–H groups in total. The maximum atomic E-state index is 14.6.